The van der Waals surface area contributed by atoms with Gasteiger partial charge in [0.1, 0.15) is 37.4 Å². The molecule has 8 nitrogen and oxygen atoms in total. The second kappa shape index (κ2) is 20.0. The van der Waals surface area contributed by atoms with Gasteiger partial charge in [0.05, 0.1) is 6.04 Å². The van der Waals surface area contributed by atoms with Crippen LogP contribution < -0.4 is 10.1 Å². The van der Waals surface area contributed by atoms with E-state index in [4.69, 9.17) is 18.9 Å². The lowest BCUT2D eigenvalue weighted by Gasteiger charge is -2.32. The Bertz CT molecular complexity index is 1960. The first-order chi connectivity index (χ1) is 27.5. The summed E-state index contributed by atoms with van der Waals surface area (Å²) in [5.41, 5.74) is 6.98. The molecule has 8 heteroatoms. The van der Waals surface area contributed by atoms with E-state index in [1.807, 2.05) is 66.7 Å². The molecule has 0 saturated heterocycles. The number of carbonyl (C=O) groups excluding carboxylic acids is 3. The standard InChI is InChI=1S/C49H59NO7/c1-34(51)50-48-40-22-13-14-24-43(40)57-44-25-15-23-39(47(44)48)41-30-36(27-29-42(41)49(2,3)4)26-28-38(21-12-11-18-35-16-7-5-8-17-35)56-46(53)33-54-32-45(52)55-31-37-19-9-6-10-20-37/h6,9-10,13-15,19-20,22-25,27,29-30,35,38,48H,5,7-8,11-12,16-18,21,26,28,31-33H2,1-4H3,(H,50,51). The number of esters is 2. The van der Waals surface area contributed by atoms with E-state index in [1.54, 1.807) is 6.92 Å². The van der Waals surface area contributed by atoms with Crippen LogP contribution in [0.4, 0.5) is 0 Å². The summed E-state index contributed by atoms with van der Waals surface area (Å²) in [6.45, 7) is 7.71. The molecule has 2 atom stereocenters. The number of carbonyl (C=O) groups is 3. The molecule has 0 bridgehead atoms. The van der Waals surface area contributed by atoms with Gasteiger partial charge < -0.3 is 24.3 Å². The third-order valence-corrected chi connectivity index (χ3v) is 11.2. The van der Waals surface area contributed by atoms with Gasteiger partial charge in [0.15, 0.2) is 0 Å². The highest BCUT2D eigenvalue weighted by molar-refractivity contribution is 5.80. The minimum atomic E-state index is -0.528. The molecular weight excluding hydrogens is 715 g/mol. The SMILES string of the molecule is CC(=O)NC1c2ccccc2Oc2cccc(-c3cc(CCC(CCCCC4CCCCC4)OC(=O)COCC(=O)OCc4ccccc4)ccc3C(C)(C)C)c21. The second-order valence-electron chi connectivity index (χ2n) is 16.7. The summed E-state index contributed by atoms with van der Waals surface area (Å²) in [7, 11) is 0. The minimum absolute atomic E-state index is 0.116. The number of ether oxygens (including phenoxy) is 4. The zero-order chi connectivity index (χ0) is 40.2. The average Bonchev–Trinajstić information content (AvgIpc) is 3.20. The number of nitrogens with one attached hydrogen (secondary N) is 1. The first-order valence-corrected chi connectivity index (χ1v) is 20.8. The molecule has 1 heterocycles. The van der Waals surface area contributed by atoms with E-state index in [9.17, 15) is 14.4 Å². The molecule has 1 fully saturated rings. The second-order valence-corrected chi connectivity index (χ2v) is 16.7. The molecule has 0 spiro atoms. The zero-order valence-corrected chi connectivity index (χ0v) is 34.1. The van der Waals surface area contributed by atoms with E-state index in [-0.39, 0.29) is 43.3 Å². The number of rotatable bonds is 17. The monoisotopic (exact) mass is 773 g/mol. The molecule has 57 heavy (non-hydrogen) atoms. The van der Waals surface area contributed by atoms with Crippen LogP contribution in [0.1, 0.15) is 126 Å². The van der Waals surface area contributed by atoms with E-state index in [1.165, 1.54) is 44.1 Å². The first kappa shape index (κ1) is 41.7. The number of fused-ring (bicyclic) bond motifs is 2. The maximum Gasteiger partial charge on any atom is 0.332 e. The van der Waals surface area contributed by atoms with Crippen molar-refractivity contribution >= 4 is 17.8 Å². The summed E-state index contributed by atoms with van der Waals surface area (Å²) in [6, 6.07) is 29.7. The van der Waals surface area contributed by atoms with Crippen LogP contribution in [0, 0.1) is 5.92 Å². The molecule has 0 radical (unpaired) electrons. The molecule has 4 aromatic carbocycles. The average molecular weight is 774 g/mol. The molecule has 2 unspecified atom stereocenters. The molecule has 1 amide bonds. The Labute approximate surface area is 338 Å². The lowest BCUT2D eigenvalue weighted by molar-refractivity contribution is -0.159. The lowest BCUT2D eigenvalue weighted by Crippen LogP contribution is -2.30. The van der Waals surface area contributed by atoms with Crippen molar-refractivity contribution in [3.8, 4) is 22.6 Å². The van der Waals surface area contributed by atoms with Crippen molar-refractivity contribution < 1.29 is 33.3 Å². The molecule has 0 aromatic heterocycles. The molecule has 2 aliphatic rings. The van der Waals surface area contributed by atoms with Gasteiger partial charge in [-0.15, -0.1) is 0 Å². The summed E-state index contributed by atoms with van der Waals surface area (Å²) >= 11 is 0. The highest BCUT2D eigenvalue weighted by Gasteiger charge is 2.32. The van der Waals surface area contributed by atoms with Gasteiger partial charge in [-0.05, 0) is 77.0 Å². The maximum atomic E-state index is 13.1. The summed E-state index contributed by atoms with van der Waals surface area (Å²) in [5, 5.41) is 3.21. The van der Waals surface area contributed by atoms with Gasteiger partial charge in [-0.25, -0.2) is 9.59 Å². The van der Waals surface area contributed by atoms with E-state index >= 15 is 0 Å². The quantitative estimate of drug-likeness (QED) is 0.0842. The fourth-order valence-corrected chi connectivity index (χ4v) is 8.32. The first-order valence-electron chi connectivity index (χ1n) is 20.8. The minimum Gasteiger partial charge on any atom is -0.461 e. The molecule has 4 aromatic rings. The normalized spacial score (nSPS) is 15.8. The topological polar surface area (TPSA) is 100 Å². The molecule has 1 N–H and O–H groups in total. The zero-order valence-electron chi connectivity index (χ0n) is 34.1. The maximum absolute atomic E-state index is 13.1. The highest BCUT2D eigenvalue weighted by Crippen LogP contribution is 2.48. The van der Waals surface area contributed by atoms with Gasteiger partial charge in [-0.2, -0.15) is 0 Å². The Balaban J connectivity index is 1.17. The highest BCUT2D eigenvalue weighted by atomic mass is 16.6. The van der Waals surface area contributed by atoms with Crippen LogP contribution in [0.15, 0.2) is 91.0 Å². The Morgan fingerprint density at radius 3 is 2.28 bits per heavy atom. The van der Waals surface area contributed by atoms with Crippen molar-refractivity contribution in [2.24, 2.45) is 5.92 Å². The molecule has 302 valence electrons. The van der Waals surface area contributed by atoms with E-state index in [0.29, 0.717) is 12.8 Å². The number of hydrogen-bond donors (Lipinski definition) is 1. The van der Waals surface area contributed by atoms with Crippen LogP contribution >= 0.6 is 0 Å². The molecule has 1 aliphatic carbocycles. The predicted octanol–water partition coefficient (Wildman–Crippen LogP) is 10.7. The van der Waals surface area contributed by atoms with Crippen molar-refractivity contribution in [2.45, 2.75) is 122 Å². The summed E-state index contributed by atoms with van der Waals surface area (Å²) in [6.07, 6.45) is 11.8. The van der Waals surface area contributed by atoms with Crippen LogP contribution in [0.3, 0.4) is 0 Å². The third-order valence-electron chi connectivity index (χ3n) is 11.2. The molecule has 1 aliphatic heterocycles. The van der Waals surface area contributed by atoms with Crippen molar-refractivity contribution in [1.29, 1.82) is 0 Å². The summed E-state index contributed by atoms with van der Waals surface area (Å²) in [4.78, 5) is 38.0. The summed E-state index contributed by atoms with van der Waals surface area (Å²) in [5.74, 6) is 1.14. The van der Waals surface area contributed by atoms with Crippen molar-refractivity contribution in [1.82, 2.24) is 5.32 Å². The number of para-hydroxylation sites is 1. The number of amides is 1. The van der Waals surface area contributed by atoms with Crippen LogP contribution in [0.25, 0.3) is 11.1 Å². The Hall–Kier alpha value is -4.95. The molecular formula is C49H59NO7. The summed E-state index contributed by atoms with van der Waals surface area (Å²) < 4.78 is 23.2. The fourth-order valence-electron chi connectivity index (χ4n) is 8.32. The predicted molar refractivity (Wildman–Crippen MR) is 223 cm³/mol. The van der Waals surface area contributed by atoms with Crippen LogP contribution in [-0.4, -0.2) is 37.2 Å². The van der Waals surface area contributed by atoms with Crippen LogP contribution in [0.2, 0.25) is 0 Å². The Morgan fingerprint density at radius 2 is 1.51 bits per heavy atom. The van der Waals surface area contributed by atoms with Gasteiger partial charge in [-0.1, -0.05) is 145 Å². The number of benzene rings is 4. The van der Waals surface area contributed by atoms with Gasteiger partial charge in [0.2, 0.25) is 5.91 Å². The van der Waals surface area contributed by atoms with Crippen molar-refractivity contribution in [3.63, 3.8) is 0 Å². The lowest BCUT2D eigenvalue weighted by atomic mass is 9.78. The number of hydrogen-bond acceptors (Lipinski definition) is 7. The van der Waals surface area contributed by atoms with Gasteiger partial charge >= 0.3 is 11.9 Å². The Morgan fingerprint density at radius 1 is 0.772 bits per heavy atom. The van der Waals surface area contributed by atoms with E-state index in [0.717, 1.165) is 70.1 Å². The van der Waals surface area contributed by atoms with E-state index in [2.05, 4.69) is 50.4 Å². The Kier molecular flexibility index (Phi) is 14.6. The number of unbranched alkanes of at least 4 members (excludes halogenated alkanes) is 1. The molecule has 1 saturated carbocycles. The third kappa shape index (κ3) is 11.8. The van der Waals surface area contributed by atoms with Crippen molar-refractivity contribution in [3.05, 3.63) is 119 Å². The van der Waals surface area contributed by atoms with E-state index < -0.39 is 11.9 Å². The fraction of sp³-hybridized carbons (Fsp3) is 0.449. The van der Waals surface area contributed by atoms with Gasteiger partial charge in [0.25, 0.3) is 0 Å². The molecule has 6 rings (SSSR count). The largest absolute Gasteiger partial charge is 0.461 e. The van der Waals surface area contributed by atoms with Crippen LogP contribution in [-0.2, 0) is 47.0 Å². The van der Waals surface area contributed by atoms with Crippen molar-refractivity contribution in [2.75, 3.05) is 13.2 Å². The van der Waals surface area contributed by atoms with Gasteiger partial charge in [0, 0.05) is 18.1 Å². The number of aryl methyl sites for hydroxylation is 1. The van der Waals surface area contributed by atoms with Crippen LogP contribution in [0.5, 0.6) is 11.5 Å². The smallest absolute Gasteiger partial charge is 0.332 e. The van der Waals surface area contributed by atoms with Gasteiger partial charge in [-0.3, -0.25) is 4.79 Å².